The van der Waals surface area contributed by atoms with E-state index in [1.54, 1.807) is 19.1 Å². The summed E-state index contributed by atoms with van der Waals surface area (Å²) in [5, 5.41) is 3.09. The first kappa shape index (κ1) is 16.6. The molecule has 3 unspecified atom stereocenters. The molecular weight excluding hydrogens is 278 g/mol. The highest BCUT2D eigenvalue weighted by molar-refractivity contribution is 5.95. The topological polar surface area (TPSA) is 85.1 Å². The lowest BCUT2D eigenvalue weighted by Crippen LogP contribution is -2.44. The summed E-state index contributed by atoms with van der Waals surface area (Å²) >= 11 is 0. The fourth-order valence-electron chi connectivity index (χ4n) is 3.11. The van der Waals surface area contributed by atoms with Crippen LogP contribution in [-0.4, -0.2) is 22.7 Å². The highest BCUT2D eigenvalue weighted by Crippen LogP contribution is 2.29. The third-order valence-electron chi connectivity index (χ3n) is 4.68. The highest BCUT2D eigenvalue weighted by atomic mass is 16.1. The van der Waals surface area contributed by atoms with Gasteiger partial charge in [0.05, 0.1) is 17.0 Å². The van der Waals surface area contributed by atoms with Crippen molar-refractivity contribution in [2.75, 3.05) is 0 Å². The molecule has 0 aromatic carbocycles. The average Bonchev–Trinajstić information content (AvgIpc) is 2.48. The molecule has 1 saturated carbocycles. The molecule has 5 heteroatoms. The first-order chi connectivity index (χ1) is 10.4. The number of nitrogens with one attached hydrogen (secondary N) is 1. The van der Waals surface area contributed by atoms with Crippen LogP contribution in [0.25, 0.3) is 0 Å². The van der Waals surface area contributed by atoms with Crippen LogP contribution in [0.5, 0.6) is 0 Å². The molecule has 120 valence electrons. The van der Waals surface area contributed by atoms with Crippen molar-refractivity contribution < 1.29 is 9.59 Å². The number of aromatic nitrogens is 1. The Kier molecular flexibility index (Phi) is 5.29. The predicted molar refractivity (Wildman–Crippen MR) is 85.3 cm³/mol. The van der Waals surface area contributed by atoms with Gasteiger partial charge in [0.1, 0.15) is 5.78 Å². The zero-order chi connectivity index (χ0) is 16.3. The fraction of sp³-hybridized carbons (Fsp3) is 0.588. The molecule has 1 fully saturated rings. The smallest absolute Gasteiger partial charge is 0.253 e. The molecular formula is C17H25N3O2. The Morgan fingerprint density at radius 3 is 2.68 bits per heavy atom. The maximum atomic E-state index is 12.5. The van der Waals surface area contributed by atoms with Gasteiger partial charge in [-0.25, -0.2) is 0 Å². The molecule has 2 rings (SSSR count). The highest BCUT2D eigenvalue weighted by Gasteiger charge is 2.31. The maximum Gasteiger partial charge on any atom is 0.253 e. The fourth-order valence-corrected chi connectivity index (χ4v) is 3.11. The van der Waals surface area contributed by atoms with Gasteiger partial charge < -0.3 is 11.1 Å². The van der Waals surface area contributed by atoms with Gasteiger partial charge in [-0.1, -0.05) is 6.92 Å². The van der Waals surface area contributed by atoms with E-state index < -0.39 is 0 Å². The molecule has 1 aromatic heterocycles. The van der Waals surface area contributed by atoms with Crippen LogP contribution in [0.15, 0.2) is 12.1 Å². The molecule has 3 N–H and O–H groups in total. The minimum Gasteiger partial charge on any atom is -0.349 e. The van der Waals surface area contributed by atoms with E-state index in [9.17, 15) is 9.59 Å². The van der Waals surface area contributed by atoms with E-state index in [2.05, 4.69) is 17.2 Å². The number of carbonyl (C=O) groups excluding carboxylic acids is 2. The molecule has 0 spiro atoms. The first-order valence-corrected chi connectivity index (χ1v) is 7.90. The van der Waals surface area contributed by atoms with Crippen molar-refractivity contribution in [3.8, 4) is 0 Å². The second kappa shape index (κ2) is 7.01. The largest absolute Gasteiger partial charge is 0.349 e. The summed E-state index contributed by atoms with van der Waals surface area (Å²) in [6.45, 7) is 5.95. The molecule has 0 aliphatic heterocycles. The molecule has 22 heavy (non-hydrogen) atoms. The molecule has 1 aliphatic carbocycles. The summed E-state index contributed by atoms with van der Waals surface area (Å²) in [7, 11) is 0. The van der Waals surface area contributed by atoms with Gasteiger partial charge in [-0.2, -0.15) is 0 Å². The number of aryl methyl sites for hydroxylation is 1. The molecule has 0 saturated heterocycles. The van der Waals surface area contributed by atoms with Gasteiger partial charge in [-0.3, -0.25) is 14.6 Å². The molecule has 1 aromatic rings. The zero-order valence-corrected chi connectivity index (χ0v) is 13.6. The number of Topliss-reactive ketones (excluding diaryl/α,β-unsaturated/α-hetero) is 1. The number of pyridine rings is 1. The number of nitrogens with two attached hydrogens (primary N) is 1. The summed E-state index contributed by atoms with van der Waals surface area (Å²) in [5.74, 6) is 0.558. The average molecular weight is 303 g/mol. The minimum absolute atomic E-state index is 0.0451. The van der Waals surface area contributed by atoms with Gasteiger partial charge in [0.25, 0.3) is 5.91 Å². The van der Waals surface area contributed by atoms with Crippen molar-refractivity contribution in [1.29, 1.82) is 0 Å². The second-order valence-electron chi connectivity index (χ2n) is 6.32. The van der Waals surface area contributed by atoms with Crippen LogP contribution >= 0.6 is 0 Å². The molecule has 0 bridgehead atoms. The lowest BCUT2D eigenvalue weighted by Gasteiger charge is -2.33. The third-order valence-corrected chi connectivity index (χ3v) is 4.68. The number of amides is 1. The van der Waals surface area contributed by atoms with Crippen molar-refractivity contribution >= 4 is 11.7 Å². The van der Waals surface area contributed by atoms with E-state index in [-0.39, 0.29) is 23.7 Å². The van der Waals surface area contributed by atoms with Crippen LogP contribution in [0.3, 0.4) is 0 Å². The van der Waals surface area contributed by atoms with E-state index >= 15 is 0 Å². The number of hydrogen-bond acceptors (Lipinski definition) is 4. The molecule has 5 nitrogen and oxygen atoms in total. The lowest BCUT2D eigenvalue weighted by atomic mass is 9.77. The van der Waals surface area contributed by atoms with Gasteiger partial charge in [0, 0.05) is 18.5 Å². The van der Waals surface area contributed by atoms with E-state index in [4.69, 9.17) is 5.73 Å². The van der Waals surface area contributed by atoms with Gasteiger partial charge in [0.2, 0.25) is 0 Å². The summed E-state index contributed by atoms with van der Waals surface area (Å²) in [4.78, 5) is 28.4. The lowest BCUT2D eigenvalue weighted by molar-refractivity contribution is -0.122. The van der Waals surface area contributed by atoms with Crippen LogP contribution in [-0.2, 0) is 11.3 Å². The second-order valence-corrected chi connectivity index (χ2v) is 6.32. The van der Waals surface area contributed by atoms with E-state index in [0.29, 0.717) is 23.7 Å². The molecule has 1 aliphatic rings. The van der Waals surface area contributed by atoms with Crippen LogP contribution in [0.4, 0.5) is 0 Å². The van der Waals surface area contributed by atoms with Crippen molar-refractivity contribution in [2.45, 2.75) is 52.6 Å². The van der Waals surface area contributed by atoms with Crippen LogP contribution in [0.1, 0.15) is 54.9 Å². The van der Waals surface area contributed by atoms with E-state index in [1.807, 2.05) is 6.92 Å². The summed E-state index contributed by atoms with van der Waals surface area (Å²) < 4.78 is 0. The molecule has 3 atom stereocenters. The summed E-state index contributed by atoms with van der Waals surface area (Å²) in [6.07, 6.45) is 2.63. The number of hydrogen-bond donors (Lipinski definition) is 2. The molecule has 1 heterocycles. The Bertz CT molecular complexity index is 571. The Balaban J connectivity index is 2.08. The molecule has 0 radical (unpaired) electrons. The van der Waals surface area contributed by atoms with Crippen molar-refractivity contribution in [2.24, 2.45) is 17.6 Å². The first-order valence-electron chi connectivity index (χ1n) is 7.90. The molecule has 1 amide bonds. The normalized spacial score (nSPS) is 24.8. The standard InChI is InChI=1S/C17H25N3O2/c1-10-4-5-13(12(3)21)8-16(10)20-17(22)15-7-6-14(9-18)19-11(15)2/h6-7,10,13,16H,4-5,8-9,18H2,1-3H3,(H,20,22). The Morgan fingerprint density at radius 1 is 1.36 bits per heavy atom. The minimum atomic E-state index is -0.116. The van der Waals surface area contributed by atoms with Crippen LogP contribution in [0.2, 0.25) is 0 Å². The quantitative estimate of drug-likeness (QED) is 0.890. The monoisotopic (exact) mass is 303 g/mol. The Labute approximate surface area is 131 Å². The summed E-state index contributed by atoms with van der Waals surface area (Å²) in [6, 6.07) is 3.60. The van der Waals surface area contributed by atoms with Crippen molar-refractivity contribution in [3.05, 3.63) is 29.1 Å². The van der Waals surface area contributed by atoms with Gasteiger partial charge in [0.15, 0.2) is 0 Å². The van der Waals surface area contributed by atoms with Crippen LogP contribution in [0, 0.1) is 18.8 Å². The predicted octanol–water partition coefficient (Wildman–Crippen LogP) is 1.97. The third kappa shape index (κ3) is 3.71. The van der Waals surface area contributed by atoms with E-state index in [0.717, 1.165) is 25.0 Å². The van der Waals surface area contributed by atoms with E-state index in [1.165, 1.54) is 0 Å². The van der Waals surface area contributed by atoms with Gasteiger partial charge in [-0.15, -0.1) is 0 Å². The zero-order valence-electron chi connectivity index (χ0n) is 13.6. The van der Waals surface area contributed by atoms with Gasteiger partial charge >= 0.3 is 0 Å². The number of rotatable bonds is 4. The SMILES string of the molecule is CC(=O)C1CCC(C)C(NC(=O)c2ccc(CN)nc2C)C1. The van der Waals surface area contributed by atoms with Crippen molar-refractivity contribution in [1.82, 2.24) is 10.3 Å². The van der Waals surface area contributed by atoms with Crippen LogP contribution < -0.4 is 11.1 Å². The number of ketones is 1. The maximum absolute atomic E-state index is 12.5. The van der Waals surface area contributed by atoms with Crippen molar-refractivity contribution in [3.63, 3.8) is 0 Å². The number of nitrogens with zero attached hydrogens (tertiary/aromatic N) is 1. The number of carbonyl (C=O) groups is 2. The van der Waals surface area contributed by atoms with Gasteiger partial charge in [-0.05, 0) is 51.2 Å². The Morgan fingerprint density at radius 2 is 2.09 bits per heavy atom. The summed E-state index contributed by atoms with van der Waals surface area (Å²) in [5.41, 5.74) is 7.60. The Hall–Kier alpha value is -1.75.